The molecule has 0 fully saturated rings. The molecule has 0 saturated carbocycles. The van der Waals surface area contributed by atoms with Crippen LogP contribution in [0, 0.1) is 20.8 Å². The molecule has 3 rings (SSSR count). The first-order valence-corrected chi connectivity index (χ1v) is 9.21. The molecular weight excluding hydrogens is 354 g/mol. The second-order valence-corrected chi connectivity index (χ2v) is 7.16. The second kappa shape index (κ2) is 8.25. The van der Waals surface area contributed by atoms with Gasteiger partial charge in [0.15, 0.2) is 6.10 Å². The van der Waals surface area contributed by atoms with Crippen LogP contribution >= 0.6 is 0 Å². The molecule has 28 heavy (non-hydrogen) atoms. The molecule has 0 aliphatic carbocycles. The number of rotatable bonds is 6. The Morgan fingerprint density at radius 3 is 2.36 bits per heavy atom. The third kappa shape index (κ3) is 4.76. The summed E-state index contributed by atoms with van der Waals surface area (Å²) >= 11 is 0. The summed E-state index contributed by atoms with van der Waals surface area (Å²) in [5.74, 6) is 1.42. The molecule has 1 heterocycles. The Hall–Kier alpha value is -3.15. The molecule has 0 bridgehead atoms. The fourth-order valence-electron chi connectivity index (χ4n) is 2.99. The molecule has 1 amide bonds. The lowest BCUT2D eigenvalue weighted by Crippen LogP contribution is -2.37. The maximum absolute atomic E-state index is 12.6. The van der Waals surface area contributed by atoms with Crippen molar-refractivity contribution in [2.24, 2.45) is 0 Å². The number of nitrogens with zero attached hydrogens (tertiary/aromatic N) is 3. The summed E-state index contributed by atoms with van der Waals surface area (Å²) < 4.78 is 11.1. The van der Waals surface area contributed by atoms with E-state index < -0.39 is 6.10 Å². The molecule has 2 aromatic carbocycles. The maximum atomic E-state index is 12.6. The molecular formula is C22H25N3O3. The number of amides is 1. The molecule has 146 valence electrons. The normalized spacial score (nSPS) is 11.9. The highest BCUT2D eigenvalue weighted by Gasteiger charge is 2.21. The lowest BCUT2D eigenvalue weighted by Gasteiger charge is -2.21. The Kier molecular flexibility index (Phi) is 5.78. The number of hydrogen-bond donors (Lipinski definition) is 0. The predicted octanol–water partition coefficient (Wildman–Crippen LogP) is 4.09. The van der Waals surface area contributed by atoms with Crippen molar-refractivity contribution in [2.75, 3.05) is 7.05 Å². The topological polar surface area (TPSA) is 68.5 Å². The lowest BCUT2D eigenvalue weighted by molar-refractivity contribution is -0.137. The highest BCUT2D eigenvalue weighted by molar-refractivity contribution is 5.80. The Morgan fingerprint density at radius 1 is 1.07 bits per heavy atom. The Bertz CT molecular complexity index is 943. The zero-order valence-electron chi connectivity index (χ0n) is 16.9. The average molecular weight is 379 g/mol. The van der Waals surface area contributed by atoms with Gasteiger partial charge in [-0.1, -0.05) is 41.1 Å². The highest BCUT2D eigenvalue weighted by atomic mass is 16.5. The van der Waals surface area contributed by atoms with Gasteiger partial charge >= 0.3 is 0 Å². The van der Waals surface area contributed by atoms with Gasteiger partial charge in [0.05, 0.1) is 6.54 Å². The molecule has 0 spiro atoms. The smallest absolute Gasteiger partial charge is 0.263 e. The van der Waals surface area contributed by atoms with Gasteiger partial charge in [0.1, 0.15) is 5.75 Å². The molecule has 0 N–H and O–H groups in total. The molecule has 0 aliphatic rings. The van der Waals surface area contributed by atoms with Gasteiger partial charge in [-0.15, -0.1) is 0 Å². The summed E-state index contributed by atoms with van der Waals surface area (Å²) in [6, 6.07) is 13.8. The summed E-state index contributed by atoms with van der Waals surface area (Å²) in [6.45, 7) is 7.98. The number of carbonyl (C=O) groups excluding carboxylic acids is 1. The van der Waals surface area contributed by atoms with Gasteiger partial charge in [-0.2, -0.15) is 4.98 Å². The van der Waals surface area contributed by atoms with E-state index in [9.17, 15) is 4.79 Å². The molecule has 6 heteroatoms. The summed E-state index contributed by atoms with van der Waals surface area (Å²) in [5, 5.41) is 4.01. The van der Waals surface area contributed by atoms with Gasteiger partial charge in [0.25, 0.3) is 5.91 Å². The Morgan fingerprint density at radius 2 is 1.71 bits per heavy atom. The fourth-order valence-corrected chi connectivity index (χ4v) is 2.99. The van der Waals surface area contributed by atoms with Crippen molar-refractivity contribution < 1.29 is 14.1 Å². The molecule has 3 aromatic rings. The van der Waals surface area contributed by atoms with Gasteiger partial charge in [0, 0.05) is 12.6 Å². The minimum atomic E-state index is -0.620. The summed E-state index contributed by atoms with van der Waals surface area (Å²) in [7, 11) is 1.69. The Labute approximate surface area is 165 Å². The van der Waals surface area contributed by atoms with E-state index in [2.05, 4.69) is 16.2 Å². The van der Waals surface area contributed by atoms with E-state index in [0.717, 1.165) is 22.3 Å². The van der Waals surface area contributed by atoms with E-state index in [-0.39, 0.29) is 12.5 Å². The number of benzene rings is 2. The number of ether oxygens (including phenoxy) is 1. The van der Waals surface area contributed by atoms with Crippen LogP contribution in [0.5, 0.6) is 5.75 Å². The highest BCUT2D eigenvalue weighted by Crippen LogP contribution is 2.19. The third-order valence-electron chi connectivity index (χ3n) is 4.38. The number of aryl methyl sites for hydroxylation is 3. The van der Waals surface area contributed by atoms with Crippen LogP contribution in [0.15, 0.2) is 47.0 Å². The molecule has 0 unspecified atom stereocenters. The molecule has 0 saturated heterocycles. The van der Waals surface area contributed by atoms with Gasteiger partial charge < -0.3 is 14.2 Å². The van der Waals surface area contributed by atoms with Gasteiger partial charge in [-0.25, -0.2) is 0 Å². The zero-order chi connectivity index (χ0) is 20.3. The minimum Gasteiger partial charge on any atom is -0.481 e. The maximum Gasteiger partial charge on any atom is 0.263 e. The van der Waals surface area contributed by atoms with Crippen molar-refractivity contribution in [3.8, 4) is 17.1 Å². The van der Waals surface area contributed by atoms with Crippen molar-refractivity contribution in [1.29, 1.82) is 0 Å². The predicted molar refractivity (Wildman–Crippen MR) is 107 cm³/mol. The molecule has 6 nitrogen and oxygen atoms in total. The number of likely N-dealkylation sites (N-methyl/N-ethyl adjacent to an activating group) is 1. The minimum absolute atomic E-state index is 0.158. The third-order valence-corrected chi connectivity index (χ3v) is 4.38. The number of aromatic nitrogens is 2. The first kappa shape index (κ1) is 19.6. The van der Waals surface area contributed by atoms with Crippen LogP contribution in [-0.4, -0.2) is 34.1 Å². The lowest BCUT2D eigenvalue weighted by atomic mass is 10.1. The first-order valence-electron chi connectivity index (χ1n) is 9.21. The summed E-state index contributed by atoms with van der Waals surface area (Å²) in [4.78, 5) is 18.6. The Balaban J connectivity index is 1.63. The van der Waals surface area contributed by atoms with Gasteiger partial charge in [0.2, 0.25) is 11.7 Å². The summed E-state index contributed by atoms with van der Waals surface area (Å²) in [6.07, 6.45) is -0.620. The van der Waals surface area contributed by atoms with Crippen LogP contribution in [0.25, 0.3) is 11.4 Å². The zero-order valence-corrected chi connectivity index (χ0v) is 16.9. The van der Waals surface area contributed by atoms with E-state index in [1.165, 1.54) is 4.90 Å². The van der Waals surface area contributed by atoms with Crippen molar-refractivity contribution in [1.82, 2.24) is 15.0 Å². The molecule has 1 atom stereocenters. The van der Waals surface area contributed by atoms with Crippen LogP contribution in [0.4, 0.5) is 0 Å². The van der Waals surface area contributed by atoms with Crippen LogP contribution < -0.4 is 4.74 Å². The number of carbonyl (C=O) groups is 1. The SMILES string of the molecule is Cc1ccc(-c2noc(CN(C)C(=O)[C@@H](C)Oc3cc(C)cc(C)c3)n2)cc1. The van der Waals surface area contributed by atoms with Crippen LogP contribution in [0.1, 0.15) is 29.5 Å². The van der Waals surface area contributed by atoms with Gasteiger partial charge in [-0.05, 0) is 51.0 Å². The number of hydrogen-bond acceptors (Lipinski definition) is 5. The first-order chi connectivity index (χ1) is 13.3. The van der Waals surface area contributed by atoms with E-state index >= 15 is 0 Å². The van der Waals surface area contributed by atoms with E-state index in [0.29, 0.717) is 17.5 Å². The van der Waals surface area contributed by atoms with Crippen molar-refractivity contribution in [2.45, 2.75) is 40.3 Å². The molecule has 0 radical (unpaired) electrons. The van der Waals surface area contributed by atoms with Crippen LogP contribution in [0.3, 0.4) is 0 Å². The monoisotopic (exact) mass is 379 g/mol. The van der Waals surface area contributed by atoms with Crippen molar-refractivity contribution >= 4 is 5.91 Å². The van der Waals surface area contributed by atoms with Gasteiger partial charge in [-0.3, -0.25) is 4.79 Å². The van der Waals surface area contributed by atoms with E-state index in [1.807, 2.05) is 57.2 Å². The average Bonchev–Trinajstić information content (AvgIpc) is 3.09. The largest absolute Gasteiger partial charge is 0.481 e. The van der Waals surface area contributed by atoms with Crippen LogP contribution in [0.2, 0.25) is 0 Å². The second-order valence-electron chi connectivity index (χ2n) is 7.16. The molecule has 1 aromatic heterocycles. The van der Waals surface area contributed by atoms with E-state index in [1.54, 1.807) is 14.0 Å². The fraction of sp³-hybridized carbons (Fsp3) is 0.318. The summed E-state index contributed by atoms with van der Waals surface area (Å²) in [5.41, 5.74) is 4.23. The van der Waals surface area contributed by atoms with Crippen molar-refractivity contribution in [3.05, 3.63) is 65.0 Å². The quantitative estimate of drug-likeness (QED) is 0.645. The standard InChI is InChI=1S/C22H25N3O3/c1-14-6-8-18(9-7-14)21-23-20(28-24-21)13-25(5)22(26)17(4)27-19-11-15(2)10-16(3)12-19/h6-12,17H,13H2,1-5H3/t17-/m1/s1. The van der Waals surface area contributed by atoms with Crippen LogP contribution in [-0.2, 0) is 11.3 Å². The van der Waals surface area contributed by atoms with Crippen molar-refractivity contribution in [3.63, 3.8) is 0 Å². The molecule has 0 aliphatic heterocycles. The van der Waals surface area contributed by atoms with E-state index in [4.69, 9.17) is 9.26 Å².